The summed E-state index contributed by atoms with van der Waals surface area (Å²) >= 11 is 6.06. The van der Waals surface area contributed by atoms with Gasteiger partial charge < -0.3 is 20.1 Å². The summed E-state index contributed by atoms with van der Waals surface area (Å²) in [7, 11) is 0. The van der Waals surface area contributed by atoms with Crippen molar-refractivity contribution in [3.63, 3.8) is 0 Å². The third kappa shape index (κ3) is 4.98. The van der Waals surface area contributed by atoms with Gasteiger partial charge in [-0.25, -0.2) is 4.79 Å². The van der Waals surface area contributed by atoms with Gasteiger partial charge in [0.1, 0.15) is 10.4 Å². The Balaban J connectivity index is 2.28. The SMILES string of the molecule is CCOc1cc(/C=C2/SC(=S)N([C@@H](CCC(=O)O)C(=O)O)C2=O)ccc1O. The van der Waals surface area contributed by atoms with Gasteiger partial charge in [0.25, 0.3) is 5.91 Å². The Kier molecular flexibility index (Phi) is 6.81. The first-order valence-electron chi connectivity index (χ1n) is 7.92. The van der Waals surface area contributed by atoms with E-state index in [9.17, 15) is 24.6 Å². The van der Waals surface area contributed by atoms with Gasteiger partial charge in [-0.05, 0) is 37.1 Å². The minimum Gasteiger partial charge on any atom is -0.504 e. The zero-order valence-corrected chi connectivity index (χ0v) is 15.9. The summed E-state index contributed by atoms with van der Waals surface area (Å²) in [6, 6.07) is 3.19. The van der Waals surface area contributed by atoms with Crippen molar-refractivity contribution in [2.24, 2.45) is 0 Å². The first kappa shape index (κ1) is 20.7. The van der Waals surface area contributed by atoms with Crippen LogP contribution >= 0.6 is 24.0 Å². The molecule has 1 aromatic rings. The number of hydrogen-bond acceptors (Lipinski definition) is 7. The number of carboxylic acid groups (broad SMARTS) is 2. The van der Waals surface area contributed by atoms with E-state index in [0.717, 1.165) is 16.7 Å². The van der Waals surface area contributed by atoms with E-state index in [4.69, 9.17) is 22.1 Å². The zero-order valence-electron chi connectivity index (χ0n) is 14.2. The number of amides is 1. The fraction of sp³-hybridized carbons (Fsp3) is 0.294. The monoisotopic (exact) mass is 411 g/mol. The third-order valence-corrected chi connectivity index (χ3v) is 4.96. The van der Waals surface area contributed by atoms with Crippen LogP contribution in [0, 0.1) is 0 Å². The Morgan fingerprint density at radius 2 is 2.07 bits per heavy atom. The number of aliphatic carboxylic acids is 2. The van der Waals surface area contributed by atoms with E-state index >= 15 is 0 Å². The maximum absolute atomic E-state index is 12.6. The third-order valence-electron chi connectivity index (χ3n) is 3.63. The van der Waals surface area contributed by atoms with Crippen molar-refractivity contribution in [1.82, 2.24) is 4.90 Å². The molecule has 0 spiro atoms. The molecule has 27 heavy (non-hydrogen) atoms. The zero-order chi connectivity index (χ0) is 20.1. The molecule has 0 unspecified atom stereocenters. The Labute approximate surface area is 164 Å². The lowest BCUT2D eigenvalue weighted by atomic mass is 10.1. The Morgan fingerprint density at radius 3 is 2.67 bits per heavy atom. The molecule has 1 amide bonds. The Morgan fingerprint density at radius 1 is 1.37 bits per heavy atom. The summed E-state index contributed by atoms with van der Waals surface area (Å²) in [4.78, 5) is 36.0. The van der Waals surface area contributed by atoms with Crippen LogP contribution in [0.1, 0.15) is 25.3 Å². The van der Waals surface area contributed by atoms with Gasteiger partial charge >= 0.3 is 11.9 Å². The molecule has 144 valence electrons. The molecule has 2 rings (SSSR count). The molecule has 1 heterocycles. The smallest absolute Gasteiger partial charge is 0.326 e. The van der Waals surface area contributed by atoms with Gasteiger partial charge in [-0.15, -0.1) is 0 Å². The van der Waals surface area contributed by atoms with Crippen LogP contribution in [0.15, 0.2) is 23.1 Å². The van der Waals surface area contributed by atoms with E-state index in [2.05, 4.69) is 0 Å². The van der Waals surface area contributed by atoms with Gasteiger partial charge in [-0.1, -0.05) is 30.0 Å². The number of phenolic OH excluding ortho intramolecular Hbond substituents is 1. The lowest BCUT2D eigenvalue weighted by Crippen LogP contribution is -2.44. The van der Waals surface area contributed by atoms with Crippen LogP contribution in [0.3, 0.4) is 0 Å². The van der Waals surface area contributed by atoms with E-state index in [-0.39, 0.29) is 27.1 Å². The van der Waals surface area contributed by atoms with Gasteiger partial charge in [-0.3, -0.25) is 14.5 Å². The largest absolute Gasteiger partial charge is 0.504 e. The molecule has 3 N–H and O–H groups in total. The summed E-state index contributed by atoms with van der Waals surface area (Å²) < 4.78 is 5.34. The van der Waals surface area contributed by atoms with Crippen LogP contribution in [-0.2, 0) is 14.4 Å². The van der Waals surface area contributed by atoms with Crippen LogP contribution in [0.5, 0.6) is 11.5 Å². The summed E-state index contributed by atoms with van der Waals surface area (Å²) in [5.74, 6) is -2.87. The number of carbonyl (C=O) groups is 3. The van der Waals surface area contributed by atoms with Gasteiger partial charge in [-0.2, -0.15) is 0 Å². The van der Waals surface area contributed by atoms with Crippen molar-refractivity contribution < 1.29 is 34.4 Å². The summed E-state index contributed by atoms with van der Waals surface area (Å²) in [5, 5.41) is 27.9. The summed E-state index contributed by atoms with van der Waals surface area (Å²) in [6.07, 6.45) is 0.859. The van der Waals surface area contributed by atoms with E-state index in [1.54, 1.807) is 19.1 Å². The van der Waals surface area contributed by atoms with Crippen molar-refractivity contribution in [2.75, 3.05) is 6.61 Å². The predicted molar refractivity (Wildman–Crippen MR) is 103 cm³/mol. The number of carboxylic acids is 2. The normalized spacial score (nSPS) is 16.6. The highest BCUT2D eigenvalue weighted by atomic mass is 32.2. The molecule has 1 aliphatic heterocycles. The second kappa shape index (κ2) is 8.87. The van der Waals surface area contributed by atoms with Crippen molar-refractivity contribution >= 4 is 52.2 Å². The van der Waals surface area contributed by atoms with Crippen molar-refractivity contribution in [3.8, 4) is 11.5 Å². The number of phenols is 1. The van der Waals surface area contributed by atoms with Crippen LogP contribution in [0.4, 0.5) is 0 Å². The highest BCUT2D eigenvalue weighted by Crippen LogP contribution is 2.36. The second-order valence-corrected chi connectivity index (χ2v) is 7.17. The van der Waals surface area contributed by atoms with E-state index < -0.39 is 30.3 Å². The maximum atomic E-state index is 12.6. The van der Waals surface area contributed by atoms with E-state index in [0.29, 0.717) is 12.2 Å². The van der Waals surface area contributed by atoms with E-state index in [1.165, 1.54) is 12.1 Å². The van der Waals surface area contributed by atoms with Gasteiger partial charge in [0, 0.05) is 6.42 Å². The topological polar surface area (TPSA) is 124 Å². The number of aromatic hydroxyl groups is 1. The number of thiocarbonyl (C=S) groups is 1. The standard InChI is InChI=1S/C17H17NO7S2/c1-2-25-12-7-9(3-5-11(12)19)8-13-15(22)18(17(26)27-13)10(16(23)24)4-6-14(20)21/h3,5,7-8,10,19H,2,4,6H2,1H3,(H,20,21)(H,23,24)/b13-8+/t10-/m0/s1. The van der Waals surface area contributed by atoms with Crippen LogP contribution in [-0.4, -0.2) is 55.0 Å². The van der Waals surface area contributed by atoms with Crippen molar-refractivity contribution in [3.05, 3.63) is 28.7 Å². The quantitative estimate of drug-likeness (QED) is 0.436. The highest BCUT2D eigenvalue weighted by molar-refractivity contribution is 8.26. The fourth-order valence-electron chi connectivity index (χ4n) is 2.41. The molecular formula is C17H17NO7S2. The molecule has 8 nitrogen and oxygen atoms in total. The van der Waals surface area contributed by atoms with Crippen molar-refractivity contribution in [1.29, 1.82) is 0 Å². The molecule has 1 saturated heterocycles. The molecule has 1 fully saturated rings. The predicted octanol–water partition coefficient (Wildman–Crippen LogP) is 2.31. The molecule has 10 heteroatoms. The first-order valence-corrected chi connectivity index (χ1v) is 9.14. The van der Waals surface area contributed by atoms with E-state index in [1.807, 2.05) is 0 Å². The average molecular weight is 411 g/mol. The number of carbonyl (C=O) groups excluding carboxylic acids is 1. The molecule has 1 aliphatic rings. The van der Waals surface area contributed by atoms with Gasteiger partial charge in [0.15, 0.2) is 11.5 Å². The molecule has 0 aromatic heterocycles. The average Bonchev–Trinajstić information content (AvgIpc) is 2.85. The lowest BCUT2D eigenvalue weighted by Gasteiger charge is -2.22. The Hall–Kier alpha value is -2.59. The second-order valence-electron chi connectivity index (χ2n) is 5.50. The molecule has 0 saturated carbocycles. The minimum atomic E-state index is -1.35. The van der Waals surface area contributed by atoms with Crippen LogP contribution in [0.2, 0.25) is 0 Å². The first-order chi connectivity index (χ1) is 12.7. The molecular weight excluding hydrogens is 394 g/mol. The van der Waals surface area contributed by atoms with Crippen molar-refractivity contribution in [2.45, 2.75) is 25.8 Å². The summed E-state index contributed by atoms with van der Waals surface area (Å²) in [5.41, 5.74) is 0.564. The summed E-state index contributed by atoms with van der Waals surface area (Å²) in [6.45, 7) is 2.11. The molecule has 0 aliphatic carbocycles. The number of thioether (sulfide) groups is 1. The van der Waals surface area contributed by atoms with Crippen LogP contribution < -0.4 is 4.74 Å². The highest BCUT2D eigenvalue weighted by Gasteiger charge is 2.40. The number of rotatable bonds is 8. The van der Waals surface area contributed by atoms with Gasteiger partial charge in [0.05, 0.1) is 11.5 Å². The van der Waals surface area contributed by atoms with Gasteiger partial charge in [0.2, 0.25) is 0 Å². The number of nitrogens with zero attached hydrogens (tertiary/aromatic N) is 1. The number of benzene rings is 1. The minimum absolute atomic E-state index is 0.0406. The Bertz CT molecular complexity index is 821. The van der Waals surface area contributed by atoms with Crippen LogP contribution in [0.25, 0.3) is 6.08 Å². The molecule has 1 aromatic carbocycles. The lowest BCUT2D eigenvalue weighted by molar-refractivity contribution is -0.146. The fourth-order valence-corrected chi connectivity index (χ4v) is 3.77. The number of ether oxygens (including phenoxy) is 1. The molecule has 0 bridgehead atoms. The maximum Gasteiger partial charge on any atom is 0.326 e. The number of hydrogen-bond donors (Lipinski definition) is 3. The molecule has 1 atom stereocenters. The molecule has 0 radical (unpaired) electrons.